The first kappa shape index (κ1) is 24.3. The Morgan fingerprint density at radius 3 is 2.69 bits per heavy atom. The summed E-state index contributed by atoms with van der Waals surface area (Å²) in [5, 5.41) is 11.9. The fourth-order valence-corrected chi connectivity index (χ4v) is 3.64. The van der Waals surface area contributed by atoms with Crippen molar-refractivity contribution in [2.75, 3.05) is 18.1 Å². The van der Waals surface area contributed by atoms with E-state index in [9.17, 15) is 18.7 Å². The summed E-state index contributed by atoms with van der Waals surface area (Å²) in [6.45, 7) is 1.08. The van der Waals surface area contributed by atoms with Gasteiger partial charge in [-0.05, 0) is 42.5 Å². The van der Waals surface area contributed by atoms with Crippen LogP contribution in [0.3, 0.4) is 0 Å². The van der Waals surface area contributed by atoms with Crippen molar-refractivity contribution in [3.05, 3.63) is 87.9 Å². The number of aromatic carboxylic acids is 1. The molecule has 3 aromatic rings. The third-order valence-electron chi connectivity index (χ3n) is 4.94. The van der Waals surface area contributed by atoms with Crippen LogP contribution in [0.25, 0.3) is 0 Å². The predicted molar refractivity (Wildman–Crippen MR) is 109 cm³/mol. The standard InChI is InChI=1S/C23H18ClF2NO4.Na/c24-16-5-7-21(31-13-14-4-6-17(25)11-19(14)26)15(10-16)12-27-8-9-30-22-18(23(28)29)2-1-3-20(22)27;/h1-7,10-11H,8-9,12-13H2,(H,28,29);/q;+1/p-1. The van der Waals surface area contributed by atoms with E-state index in [0.29, 0.717) is 36.2 Å². The SMILES string of the molecule is O=C([O-])c1cccc2c1OCCN2Cc1cc(Cl)ccc1OCc1ccc(F)cc1F.[Na+]. The molecule has 0 aliphatic carbocycles. The molecule has 9 heteroatoms. The van der Waals surface area contributed by atoms with Gasteiger partial charge >= 0.3 is 29.6 Å². The van der Waals surface area contributed by atoms with Gasteiger partial charge in [-0.1, -0.05) is 17.7 Å². The largest absolute Gasteiger partial charge is 1.00 e. The van der Waals surface area contributed by atoms with Gasteiger partial charge in [-0.2, -0.15) is 0 Å². The number of nitrogens with zero attached hydrogens (tertiary/aromatic N) is 1. The molecule has 0 spiro atoms. The van der Waals surface area contributed by atoms with Crippen LogP contribution in [0.5, 0.6) is 11.5 Å². The van der Waals surface area contributed by atoms with E-state index < -0.39 is 17.6 Å². The molecule has 0 radical (unpaired) electrons. The van der Waals surface area contributed by atoms with Gasteiger partial charge in [0, 0.05) is 34.3 Å². The van der Waals surface area contributed by atoms with Crippen LogP contribution in [0.4, 0.5) is 14.5 Å². The number of fused-ring (bicyclic) bond motifs is 1. The van der Waals surface area contributed by atoms with Crippen LogP contribution in [-0.2, 0) is 13.2 Å². The van der Waals surface area contributed by atoms with Gasteiger partial charge in [0.05, 0.1) is 18.2 Å². The van der Waals surface area contributed by atoms with Crippen LogP contribution in [0.1, 0.15) is 21.5 Å². The molecule has 0 bridgehead atoms. The fourth-order valence-electron chi connectivity index (χ4n) is 3.44. The van der Waals surface area contributed by atoms with Crippen LogP contribution < -0.4 is 49.0 Å². The molecule has 1 aliphatic rings. The summed E-state index contributed by atoms with van der Waals surface area (Å²) in [7, 11) is 0. The monoisotopic (exact) mass is 467 g/mol. The Morgan fingerprint density at radius 1 is 1.12 bits per heavy atom. The van der Waals surface area contributed by atoms with Crippen molar-refractivity contribution in [1.82, 2.24) is 0 Å². The molecule has 3 aromatic carbocycles. The molecule has 0 amide bonds. The molecule has 4 rings (SSSR count). The minimum atomic E-state index is -1.31. The number of hydrogen-bond donors (Lipinski definition) is 0. The van der Waals surface area contributed by atoms with Gasteiger partial charge in [-0.15, -0.1) is 0 Å². The number of ether oxygens (including phenoxy) is 2. The molecular formula is C23H17ClF2NNaO4. The second kappa shape index (κ2) is 10.5. The maximum absolute atomic E-state index is 13.9. The first-order chi connectivity index (χ1) is 14.9. The molecular weight excluding hydrogens is 451 g/mol. The number of para-hydroxylation sites is 1. The molecule has 0 unspecified atom stereocenters. The smallest absolute Gasteiger partial charge is 0.545 e. The second-order valence-electron chi connectivity index (χ2n) is 6.99. The summed E-state index contributed by atoms with van der Waals surface area (Å²) in [6.07, 6.45) is 0. The van der Waals surface area contributed by atoms with Crippen molar-refractivity contribution in [3.63, 3.8) is 0 Å². The number of rotatable bonds is 6. The first-order valence-corrected chi connectivity index (χ1v) is 9.87. The Balaban J connectivity index is 0.00000289. The second-order valence-corrected chi connectivity index (χ2v) is 7.42. The Morgan fingerprint density at radius 2 is 1.94 bits per heavy atom. The number of halogens is 3. The molecule has 0 saturated carbocycles. The number of carboxylic acid groups (broad SMARTS) is 1. The molecule has 160 valence electrons. The Kier molecular flexibility index (Phi) is 8.00. The zero-order valence-corrected chi connectivity index (χ0v) is 20.0. The first-order valence-electron chi connectivity index (χ1n) is 9.49. The van der Waals surface area contributed by atoms with Crippen LogP contribution in [0.2, 0.25) is 5.02 Å². The molecule has 0 aromatic heterocycles. The Bertz CT molecular complexity index is 1140. The number of anilines is 1. The van der Waals surface area contributed by atoms with Crippen molar-refractivity contribution >= 4 is 23.3 Å². The quantitative estimate of drug-likeness (QED) is 0.506. The van der Waals surface area contributed by atoms with Gasteiger partial charge in [0.25, 0.3) is 0 Å². The van der Waals surface area contributed by atoms with E-state index >= 15 is 0 Å². The van der Waals surface area contributed by atoms with Gasteiger partial charge in [0.15, 0.2) is 5.75 Å². The van der Waals surface area contributed by atoms with Gasteiger partial charge in [-0.3, -0.25) is 0 Å². The number of carbonyl (C=O) groups excluding carboxylic acids is 1. The summed E-state index contributed by atoms with van der Waals surface area (Å²) < 4.78 is 38.5. The number of benzene rings is 3. The van der Waals surface area contributed by atoms with Crippen LogP contribution in [-0.4, -0.2) is 19.1 Å². The van der Waals surface area contributed by atoms with E-state index in [1.165, 1.54) is 18.2 Å². The average molecular weight is 468 g/mol. The maximum atomic E-state index is 13.9. The normalized spacial score (nSPS) is 12.4. The van der Waals surface area contributed by atoms with Crippen LogP contribution in [0, 0.1) is 11.6 Å². The summed E-state index contributed by atoms with van der Waals surface area (Å²) in [5.74, 6) is -1.92. The fraction of sp³-hybridized carbons (Fsp3) is 0.174. The molecule has 0 N–H and O–H groups in total. The van der Waals surface area contributed by atoms with Crippen molar-refractivity contribution in [2.24, 2.45) is 0 Å². The van der Waals surface area contributed by atoms with E-state index in [1.54, 1.807) is 30.3 Å². The van der Waals surface area contributed by atoms with Gasteiger partial charge in [0.2, 0.25) is 0 Å². The van der Waals surface area contributed by atoms with E-state index in [4.69, 9.17) is 21.1 Å². The third kappa shape index (κ3) is 5.35. The van der Waals surface area contributed by atoms with Crippen molar-refractivity contribution in [2.45, 2.75) is 13.2 Å². The summed E-state index contributed by atoms with van der Waals surface area (Å²) in [4.78, 5) is 13.4. The molecule has 32 heavy (non-hydrogen) atoms. The summed E-state index contributed by atoms with van der Waals surface area (Å²) >= 11 is 6.17. The number of carbonyl (C=O) groups is 1. The molecule has 0 fully saturated rings. The van der Waals surface area contributed by atoms with Crippen molar-refractivity contribution in [1.29, 1.82) is 0 Å². The predicted octanol–water partition coefficient (Wildman–Crippen LogP) is 0.964. The zero-order chi connectivity index (χ0) is 22.0. The summed E-state index contributed by atoms with van der Waals surface area (Å²) in [6, 6.07) is 13.2. The topological polar surface area (TPSA) is 61.8 Å². The minimum absolute atomic E-state index is 0. The van der Waals surface area contributed by atoms with Crippen molar-refractivity contribution in [3.8, 4) is 11.5 Å². The van der Waals surface area contributed by atoms with Gasteiger partial charge < -0.3 is 24.3 Å². The Labute approximate surface area is 210 Å². The molecule has 0 atom stereocenters. The summed E-state index contributed by atoms with van der Waals surface area (Å²) in [5.41, 5.74) is 1.54. The average Bonchev–Trinajstić information content (AvgIpc) is 2.74. The number of carboxylic acids is 1. The van der Waals surface area contributed by atoms with Gasteiger partial charge in [-0.25, -0.2) is 8.78 Å². The van der Waals surface area contributed by atoms with E-state index in [0.717, 1.165) is 11.6 Å². The van der Waals surface area contributed by atoms with Crippen LogP contribution in [0.15, 0.2) is 54.6 Å². The van der Waals surface area contributed by atoms with Crippen molar-refractivity contribution < 1.29 is 57.7 Å². The number of hydrogen-bond acceptors (Lipinski definition) is 5. The Hall–Kier alpha value is -2.32. The minimum Gasteiger partial charge on any atom is -0.545 e. The van der Waals surface area contributed by atoms with E-state index in [1.807, 2.05) is 4.90 Å². The van der Waals surface area contributed by atoms with Gasteiger partial charge in [0.1, 0.15) is 30.6 Å². The molecule has 1 heterocycles. The third-order valence-corrected chi connectivity index (χ3v) is 5.18. The maximum Gasteiger partial charge on any atom is 1.00 e. The van der Waals surface area contributed by atoms with Crippen LogP contribution >= 0.6 is 11.6 Å². The molecule has 0 saturated heterocycles. The zero-order valence-electron chi connectivity index (χ0n) is 17.2. The molecule has 5 nitrogen and oxygen atoms in total. The van der Waals surface area contributed by atoms with E-state index in [2.05, 4.69) is 0 Å². The van der Waals surface area contributed by atoms with E-state index in [-0.39, 0.29) is 53.0 Å². The molecule has 1 aliphatic heterocycles.